The molecule has 0 radical (unpaired) electrons. The van der Waals surface area contributed by atoms with Crippen LogP contribution in [0, 0.1) is 0 Å². The summed E-state index contributed by atoms with van der Waals surface area (Å²) in [7, 11) is 0. The number of rotatable bonds is 10. The highest BCUT2D eigenvalue weighted by Crippen LogP contribution is 2.22. The third-order valence-corrected chi connectivity index (χ3v) is 7.89. The molecular weight excluding hydrogens is 458 g/mol. The van der Waals surface area contributed by atoms with Gasteiger partial charge in [0, 0.05) is 17.1 Å². The highest BCUT2D eigenvalue weighted by atomic mass is 32.2. The summed E-state index contributed by atoms with van der Waals surface area (Å²) in [4.78, 5) is 31.5. The van der Waals surface area contributed by atoms with Crippen molar-refractivity contribution in [2.24, 2.45) is 0 Å². The maximum atomic E-state index is 13.0. The second kappa shape index (κ2) is 10.9. The van der Waals surface area contributed by atoms with Crippen molar-refractivity contribution in [1.29, 1.82) is 0 Å². The Hall–Kier alpha value is -2.42. The van der Waals surface area contributed by atoms with Crippen molar-refractivity contribution < 1.29 is 4.79 Å². The number of fused-ring (bicyclic) bond motifs is 1. The van der Waals surface area contributed by atoms with E-state index in [1.54, 1.807) is 15.9 Å². The van der Waals surface area contributed by atoms with Crippen LogP contribution in [0.5, 0.6) is 0 Å². The number of nitrogens with one attached hydrogen (secondary N) is 1. The smallest absolute Gasteiger partial charge is 0.272 e. The van der Waals surface area contributed by atoms with Gasteiger partial charge in [0.1, 0.15) is 4.70 Å². The van der Waals surface area contributed by atoms with Gasteiger partial charge in [-0.15, -0.1) is 22.7 Å². The van der Waals surface area contributed by atoms with E-state index in [4.69, 9.17) is 0 Å². The quantitative estimate of drug-likeness (QED) is 0.227. The molecular formula is C24H25N3O2S3. The molecule has 0 spiro atoms. The van der Waals surface area contributed by atoms with E-state index in [1.807, 2.05) is 35.0 Å². The van der Waals surface area contributed by atoms with Crippen LogP contribution in [0.15, 0.2) is 63.2 Å². The Morgan fingerprint density at radius 1 is 1.09 bits per heavy atom. The molecule has 1 aromatic carbocycles. The fourth-order valence-electron chi connectivity index (χ4n) is 3.37. The molecule has 4 aromatic rings. The van der Waals surface area contributed by atoms with Gasteiger partial charge in [0.2, 0.25) is 5.91 Å². The van der Waals surface area contributed by atoms with E-state index in [-0.39, 0.29) is 17.2 Å². The zero-order valence-corrected chi connectivity index (χ0v) is 20.3. The normalized spacial score (nSPS) is 11.2. The molecule has 0 aliphatic heterocycles. The molecule has 0 atom stereocenters. The number of hydrogen-bond acceptors (Lipinski definition) is 6. The zero-order valence-electron chi connectivity index (χ0n) is 17.9. The number of carbonyl (C=O) groups is 1. The number of nitrogens with zero attached hydrogens (tertiary/aromatic N) is 2. The second-order valence-corrected chi connectivity index (χ2v) is 10.3. The molecule has 32 heavy (non-hydrogen) atoms. The number of aromatic nitrogens is 2. The minimum absolute atomic E-state index is 0.0351. The van der Waals surface area contributed by atoms with Crippen LogP contribution in [0.3, 0.4) is 0 Å². The van der Waals surface area contributed by atoms with Gasteiger partial charge in [-0.2, -0.15) is 0 Å². The summed E-state index contributed by atoms with van der Waals surface area (Å²) < 4.78 is 2.37. The summed E-state index contributed by atoms with van der Waals surface area (Å²) in [6.45, 7) is 2.72. The number of anilines is 1. The van der Waals surface area contributed by atoms with E-state index in [9.17, 15) is 9.59 Å². The van der Waals surface area contributed by atoms with Crippen LogP contribution in [0.4, 0.5) is 5.69 Å². The van der Waals surface area contributed by atoms with Crippen molar-refractivity contribution in [1.82, 2.24) is 9.55 Å². The molecule has 0 aliphatic rings. The Morgan fingerprint density at radius 2 is 1.94 bits per heavy atom. The first-order valence-corrected chi connectivity index (χ1v) is 13.4. The van der Waals surface area contributed by atoms with Crippen LogP contribution < -0.4 is 10.9 Å². The van der Waals surface area contributed by atoms with Crippen molar-refractivity contribution in [3.63, 3.8) is 0 Å². The van der Waals surface area contributed by atoms with Crippen LogP contribution in [-0.4, -0.2) is 21.2 Å². The predicted octanol–water partition coefficient (Wildman–Crippen LogP) is 5.84. The SMILES string of the molecule is CCCCc1ccc(NC(=O)CSc2nc3ccsc3c(=O)n2CCc2cccs2)cc1. The van der Waals surface area contributed by atoms with E-state index in [0.717, 1.165) is 24.9 Å². The molecule has 3 heterocycles. The average molecular weight is 484 g/mol. The molecule has 0 aliphatic carbocycles. The number of unbranched alkanes of at least 4 members (excludes halogenated alkanes) is 1. The van der Waals surface area contributed by atoms with Crippen molar-refractivity contribution in [2.75, 3.05) is 11.1 Å². The fraction of sp³-hybridized carbons (Fsp3) is 0.292. The van der Waals surface area contributed by atoms with Gasteiger partial charge in [0.05, 0.1) is 11.3 Å². The summed E-state index contributed by atoms with van der Waals surface area (Å²) in [6.07, 6.45) is 4.15. The molecule has 0 bridgehead atoms. The van der Waals surface area contributed by atoms with Crippen molar-refractivity contribution in [2.45, 2.75) is 44.3 Å². The minimum Gasteiger partial charge on any atom is -0.325 e. The molecule has 166 valence electrons. The summed E-state index contributed by atoms with van der Waals surface area (Å²) in [5.41, 5.74) is 2.72. The van der Waals surface area contributed by atoms with E-state index >= 15 is 0 Å². The number of benzene rings is 1. The first-order valence-electron chi connectivity index (χ1n) is 10.7. The monoisotopic (exact) mass is 483 g/mol. The Labute approximate surface area is 199 Å². The van der Waals surface area contributed by atoms with Gasteiger partial charge >= 0.3 is 0 Å². The molecule has 0 unspecified atom stereocenters. The number of thioether (sulfide) groups is 1. The lowest BCUT2D eigenvalue weighted by atomic mass is 10.1. The summed E-state index contributed by atoms with van der Waals surface area (Å²) in [5.74, 6) is 0.0827. The molecule has 4 rings (SSSR count). The van der Waals surface area contributed by atoms with E-state index < -0.39 is 0 Å². The Bertz CT molecular complexity index is 1230. The van der Waals surface area contributed by atoms with Gasteiger partial charge in [-0.1, -0.05) is 43.3 Å². The zero-order chi connectivity index (χ0) is 22.3. The van der Waals surface area contributed by atoms with Gasteiger partial charge in [0.25, 0.3) is 5.56 Å². The van der Waals surface area contributed by atoms with Crippen LogP contribution in [0.2, 0.25) is 0 Å². The number of hydrogen-bond donors (Lipinski definition) is 1. The molecule has 8 heteroatoms. The number of carbonyl (C=O) groups excluding carboxylic acids is 1. The first-order chi connectivity index (χ1) is 15.6. The molecule has 1 amide bonds. The van der Waals surface area contributed by atoms with E-state index in [1.165, 1.54) is 40.0 Å². The Balaban J connectivity index is 1.44. The van der Waals surface area contributed by atoms with Crippen LogP contribution in [0.1, 0.15) is 30.2 Å². The number of thiophene rings is 2. The van der Waals surface area contributed by atoms with E-state index in [2.05, 4.69) is 35.4 Å². The largest absolute Gasteiger partial charge is 0.325 e. The highest BCUT2D eigenvalue weighted by Gasteiger charge is 2.14. The summed E-state index contributed by atoms with van der Waals surface area (Å²) >= 11 is 4.40. The second-order valence-electron chi connectivity index (χ2n) is 7.45. The van der Waals surface area contributed by atoms with Crippen LogP contribution >= 0.6 is 34.4 Å². The maximum absolute atomic E-state index is 13.0. The first kappa shape index (κ1) is 22.8. The average Bonchev–Trinajstić information content (AvgIpc) is 3.49. The van der Waals surface area contributed by atoms with Crippen LogP contribution in [-0.2, 0) is 24.2 Å². The fourth-order valence-corrected chi connectivity index (χ4v) is 5.67. The number of amides is 1. The third-order valence-electron chi connectivity index (χ3n) is 5.08. The van der Waals surface area contributed by atoms with Crippen molar-refractivity contribution in [3.8, 4) is 0 Å². The number of aryl methyl sites for hydroxylation is 2. The van der Waals surface area contributed by atoms with Gasteiger partial charge in [-0.3, -0.25) is 14.2 Å². The minimum atomic E-state index is -0.110. The molecule has 1 N–H and O–H groups in total. The summed E-state index contributed by atoms with van der Waals surface area (Å²) in [6, 6.07) is 14.0. The van der Waals surface area contributed by atoms with E-state index in [0.29, 0.717) is 21.9 Å². The maximum Gasteiger partial charge on any atom is 0.272 e. The lowest BCUT2D eigenvalue weighted by Crippen LogP contribution is -2.24. The molecule has 5 nitrogen and oxygen atoms in total. The highest BCUT2D eigenvalue weighted by molar-refractivity contribution is 7.99. The van der Waals surface area contributed by atoms with Gasteiger partial charge < -0.3 is 5.32 Å². The topological polar surface area (TPSA) is 64.0 Å². The molecule has 3 aromatic heterocycles. The molecule has 0 fully saturated rings. The third kappa shape index (κ3) is 5.68. The standard InChI is InChI=1S/C24H25N3O2S3/c1-2-3-5-17-7-9-18(10-8-17)25-21(28)16-32-24-26-20-12-15-31-22(20)23(29)27(24)13-11-19-6-4-14-30-19/h4,6-10,12,14-15H,2-3,5,11,13,16H2,1H3,(H,25,28). The van der Waals surface area contributed by atoms with Gasteiger partial charge in [0.15, 0.2) is 5.16 Å². The lowest BCUT2D eigenvalue weighted by molar-refractivity contribution is -0.113. The lowest BCUT2D eigenvalue weighted by Gasteiger charge is -2.12. The van der Waals surface area contributed by atoms with Gasteiger partial charge in [-0.25, -0.2) is 4.98 Å². The van der Waals surface area contributed by atoms with Crippen molar-refractivity contribution >= 4 is 56.2 Å². The molecule has 0 saturated heterocycles. The molecule has 0 saturated carbocycles. The van der Waals surface area contributed by atoms with Crippen LogP contribution in [0.25, 0.3) is 10.2 Å². The predicted molar refractivity (Wildman–Crippen MR) is 136 cm³/mol. The Morgan fingerprint density at radius 3 is 2.69 bits per heavy atom. The van der Waals surface area contributed by atoms with Gasteiger partial charge in [-0.05, 0) is 59.9 Å². The summed E-state index contributed by atoms with van der Waals surface area (Å²) in [5, 5.41) is 7.45. The van der Waals surface area contributed by atoms with Crippen molar-refractivity contribution in [3.05, 3.63) is 74.0 Å². The Kier molecular flexibility index (Phi) is 7.78.